The normalized spacial score (nSPS) is 11.7. The minimum absolute atomic E-state index is 0.216. The van der Waals surface area contributed by atoms with E-state index in [1.165, 1.54) is 17.8 Å². The Hall–Kier alpha value is -2.19. The fourth-order valence-corrected chi connectivity index (χ4v) is 3.70. The molecule has 0 radical (unpaired) electrons. The Morgan fingerprint density at radius 3 is 2.45 bits per heavy atom. The summed E-state index contributed by atoms with van der Waals surface area (Å²) in [4.78, 5) is 0. The lowest BCUT2D eigenvalue weighted by molar-refractivity contribution is -0.137. The second kappa shape index (κ2) is 8.67. The van der Waals surface area contributed by atoms with Crippen LogP contribution in [0.25, 0.3) is 0 Å². The van der Waals surface area contributed by atoms with Crippen LogP contribution in [0.4, 0.5) is 13.2 Å². The summed E-state index contributed by atoms with van der Waals surface area (Å²) in [5.74, 6) is 1.65. The van der Waals surface area contributed by atoms with Gasteiger partial charge in [0.15, 0.2) is 11.0 Å². The average Bonchev–Trinajstić information content (AvgIpc) is 3.02. The van der Waals surface area contributed by atoms with Crippen LogP contribution in [0.15, 0.2) is 41.6 Å². The van der Waals surface area contributed by atoms with Crippen molar-refractivity contribution in [3.63, 3.8) is 0 Å². The fraction of sp³-hybridized carbons (Fsp3) is 0.300. The molecule has 0 saturated heterocycles. The van der Waals surface area contributed by atoms with Crippen molar-refractivity contribution in [3.05, 3.63) is 69.5 Å². The first-order valence-electron chi connectivity index (χ1n) is 8.72. The zero-order valence-electron chi connectivity index (χ0n) is 16.0. The zero-order valence-corrected chi connectivity index (χ0v) is 17.6. The molecule has 1 aromatic heterocycles. The summed E-state index contributed by atoms with van der Waals surface area (Å²) in [6.45, 7) is 4.04. The van der Waals surface area contributed by atoms with Crippen molar-refractivity contribution in [3.8, 4) is 5.75 Å². The quantitative estimate of drug-likeness (QED) is 0.441. The minimum atomic E-state index is -4.35. The molecule has 3 aromatic rings. The lowest BCUT2D eigenvalue weighted by atomic mass is 10.1. The number of ether oxygens (including phenoxy) is 1. The monoisotopic (exact) mass is 441 g/mol. The molecule has 0 amide bonds. The van der Waals surface area contributed by atoms with Gasteiger partial charge in [0.25, 0.3) is 0 Å². The van der Waals surface area contributed by atoms with Gasteiger partial charge in [-0.3, -0.25) is 0 Å². The van der Waals surface area contributed by atoms with Gasteiger partial charge >= 0.3 is 6.18 Å². The van der Waals surface area contributed by atoms with E-state index in [-0.39, 0.29) is 6.61 Å². The third kappa shape index (κ3) is 5.25. The molecule has 9 heteroatoms. The Kier molecular flexibility index (Phi) is 6.43. The summed E-state index contributed by atoms with van der Waals surface area (Å²) in [7, 11) is 1.80. The van der Waals surface area contributed by atoms with Crippen molar-refractivity contribution >= 4 is 23.4 Å². The Bertz CT molecular complexity index is 997. The maximum absolute atomic E-state index is 12.8. The molecule has 0 spiro atoms. The summed E-state index contributed by atoms with van der Waals surface area (Å²) >= 11 is 7.49. The van der Waals surface area contributed by atoms with Crippen LogP contribution >= 0.6 is 23.4 Å². The Labute approximate surface area is 176 Å². The van der Waals surface area contributed by atoms with Gasteiger partial charge < -0.3 is 9.30 Å². The van der Waals surface area contributed by atoms with Gasteiger partial charge in [0.2, 0.25) is 0 Å². The van der Waals surface area contributed by atoms with Crippen molar-refractivity contribution in [2.75, 3.05) is 0 Å². The van der Waals surface area contributed by atoms with E-state index in [1.807, 2.05) is 26.0 Å². The Morgan fingerprint density at radius 1 is 1.10 bits per heavy atom. The molecule has 0 atom stereocenters. The highest BCUT2D eigenvalue weighted by Gasteiger charge is 2.30. The molecule has 0 saturated carbocycles. The van der Waals surface area contributed by atoms with Crippen LogP contribution in [0.3, 0.4) is 0 Å². The third-order valence-corrected chi connectivity index (χ3v) is 6.01. The fourth-order valence-electron chi connectivity index (χ4n) is 2.72. The zero-order chi connectivity index (χ0) is 21.2. The Morgan fingerprint density at radius 2 is 1.79 bits per heavy atom. The number of halogens is 4. The van der Waals surface area contributed by atoms with E-state index in [2.05, 4.69) is 10.2 Å². The summed E-state index contributed by atoms with van der Waals surface area (Å²) in [5.41, 5.74) is 1.77. The number of alkyl halides is 3. The predicted octanol–water partition coefficient (Wildman–Crippen LogP) is 5.98. The highest BCUT2D eigenvalue weighted by molar-refractivity contribution is 7.98. The second-order valence-electron chi connectivity index (χ2n) is 6.60. The van der Waals surface area contributed by atoms with Crippen LogP contribution in [0.5, 0.6) is 5.75 Å². The summed E-state index contributed by atoms with van der Waals surface area (Å²) in [6, 6.07) is 8.99. The number of nitrogens with zero attached hydrogens (tertiary/aromatic N) is 3. The van der Waals surface area contributed by atoms with Gasteiger partial charge in [-0.15, -0.1) is 10.2 Å². The topological polar surface area (TPSA) is 39.9 Å². The first-order valence-corrected chi connectivity index (χ1v) is 10.1. The molecule has 3 rings (SSSR count). The van der Waals surface area contributed by atoms with Gasteiger partial charge in [0, 0.05) is 17.8 Å². The highest BCUT2D eigenvalue weighted by Crippen LogP contribution is 2.31. The number of hydrogen-bond donors (Lipinski definition) is 0. The van der Waals surface area contributed by atoms with Gasteiger partial charge in [-0.2, -0.15) is 13.2 Å². The van der Waals surface area contributed by atoms with Crippen LogP contribution in [0.1, 0.15) is 28.1 Å². The van der Waals surface area contributed by atoms with E-state index in [0.717, 1.165) is 23.3 Å². The molecule has 29 heavy (non-hydrogen) atoms. The van der Waals surface area contributed by atoms with E-state index in [0.29, 0.717) is 33.1 Å². The first-order chi connectivity index (χ1) is 13.6. The standard InChI is InChI=1S/C20H19ClF3N3OS/c1-12-7-16(8-13(2)18(12)21)28-10-17-25-26-19(27(17)3)29-11-14-5-4-6-15(9-14)20(22,23)24/h4-9H,10-11H2,1-3H3. The molecule has 0 bridgehead atoms. The molecule has 2 aromatic carbocycles. The maximum atomic E-state index is 12.8. The summed E-state index contributed by atoms with van der Waals surface area (Å²) < 4.78 is 46.1. The maximum Gasteiger partial charge on any atom is 0.416 e. The van der Waals surface area contributed by atoms with Crippen molar-refractivity contribution in [2.24, 2.45) is 7.05 Å². The van der Waals surface area contributed by atoms with Crippen LogP contribution in [0.2, 0.25) is 5.02 Å². The van der Waals surface area contributed by atoms with Crippen LogP contribution in [0, 0.1) is 13.8 Å². The van der Waals surface area contributed by atoms with Crippen LogP contribution in [-0.2, 0) is 25.6 Å². The summed E-state index contributed by atoms with van der Waals surface area (Å²) in [6.07, 6.45) is -4.35. The van der Waals surface area contributed by atoms with Gasteiger partial charge in [0.05, 0.1) is 5.56 Å². The molecular formula is C20H19ClF3N3OS. The van der Waals surface area contributed by atoms with Crippen molar-refractivity contribution in [2.45, 2.75) is 37.5 Å². The van der Waals surface area contributed by atoms with Gasteiger partial charge in [-0.1, -0.05) is 41.6 Å². The van der Waals surface area contributed by atoms with Gasteiger partial charge in [0.1, 0.15) is 12.4 Å². The SMILES string of the molecule is Cc1cc(OCc2nnc(SCc3cccc(C(F)(F)F)c3)n2C)cc(C)c1Cl. The lowest BCUT2D eigenvalue weighted by Gasteiger charge is -2.10. The second-order valence-corrected chi connectivity index (χ2v) is 7.92. The van der Waals surface area contributed by atoms with E-state index < -0.39 is 11.7 Å². The molecule has 154 valence electrons. The number of hydrogen-bond acceptors (Lipinski definition) is 4. The average molecular weight is 442 g/mol. The van der Waals surface area contributed by atoms with Crippen molar-refractivity contribution in [1.82, 2.24) is 14.8 Å². The van der Waals surface area contributed by atoms with E-state index in [9.17, 15) is 13.2 Å². The molecule has 0 unspecified atom stereocenters. The van der Waals surface area contributed by atoms with Crippen LogP contribution in [-0.4, -0.2) is 14.8 Å². The first kappa shape index (κ1) is 21.5. The van der Waals surface area contributed by atoms with Crippen molar-refractivity contribution in [1.29, 1.82) is 0 Å². The number of aromatic nitrogens is 3. The smallest absolute Gasteiger partial charge is 0.416 e. The number of thioether (sulfide) groups is 1. The number of aryl methyl sites for hydroxylation is 2. The van der Waals surface area contributed by atoms with Crippen molar-refractivity contribution < 1.29 is 17.9 Å². The molecule has 0 fully saturated rings. The highest BCUT2D eigenvalue weighted by atomic mass is 35.5. The molecular weight excluding hydrogens is 423 g/mol. The van der Waals surface area contributed by atoms with Crippen LogP contribution < -0.4 is 4.74 Å². The third-order valence-electron chi connectivity index (χ3n) is 4.33. The Balaban J connectivity index is 1.64. The molecule has 1 heterocycles. The molecule has 4 nitrogen and oxygen atoms in total. The van der Waals surface area contributed by atoms with E-state index >= 15 is 0 Å². The van der Waals surface area contributed by atoms with Gasteiger partial charge in [-0.05, 0) is 48.7 Å². The predicted molar refractivity (Wildman–Crippen MR) is 107 cm³/mol. The summed E-state index contributed by atoms with van der Waals surface area (Å²) in [5, 5.41) is 9.55. The van der Waals surface area contributed by atoms with E-state index in [1.54, 1.807) is 17.7 Å². The van der Waals surface area contributed by atoms with Gasteiger partial charge in [-0.25, -0.2) is 0 Å². The minimum Gasteiger partial charge on any atom is -0.486 e. The molecule has 0 N–H and O–H groups in total. The number of benzene rings is 2. The van der Waals surface area contributed by atoms with E-state index in [4.69, 9.17) is 16.3 Å². The number of rotatable bonds is 6. The molecule has 0 aliphatic carbocycles. The molecule has 0 aliphatic heterocycles. The lowest BCUT2D eigenvalue weighted by Crippen LogP contribution is -2.05. The largest absolute Gasteiger partial charge is 0.486 e. The molecule has 0 aliphatic rings.